The van der Waals surface area contributed by atoms with Crippen LogP contribution in [0.1, 0.15) is 0 Å². The summed E-state index contributed by atoms with van der Waals surface area (Å²) in [6, 6.07) is 0. The lowest BCUT2D eigenvalue weighted by atomic mass is 10.2. The van der Waals surface area contributed by atoms with Crippen LogP contribution < -0.4 is 0 Å². The quantitative estimate of drug-likeness (QED) is 0.141. The van der Waals surface area contributed by atoms with Crippen molar-refractivity contribution in [2.45, 2.75) is 11.4 Å². The molecule has 0 aromatic rings. The van der Waals surface area contributed by atoms with Crippen molar-refractivity contribution in [2.24, 2.45) is 10.2 Å². The number of hydrogen-bond acceptors (Lipinski definition) is 9. The van der Waals surface area contributed by atoms with E-state index in [0.29, 0.717) is 0 Å². The average molecular weight is 276 g/mol. The van der Waals surface area contributed by atoms with Gasteiger partial charge in [-0.3, -0.25) is 0 Å². The monoisotopic (exact) mass is 276 g/mol. The number of carbonyl (C=O) groups excluding carboxylic acids is 2. The van der Waals surface area contributed by atoms with E-state index in [1.54, 1.807) is 0 Å². The molecular formula is C6H8N6O7. The van der Waals surface area contributed by atoms with Crippen LogP contribution in [0.3, 0.4) is 0 Å². The Kier molecular flexibility index (Phi) is 5.69. The first-order valence-electron chi connectivity index (χ1n) is 4.35. The van der Waals surface area contributed by atoms with Gasteiger partial charge in [-0.1, -0.05) is 0 Å². The van der Waals surface area contributed by atoms with E-state index in [9.17, 15) is 19.8 Å². The van der Waals surface area contributed by atoms with Gasteiger partial charge in [0.2, 0.25) is 0 Å². The van der Waals surface area contributed by atoms with Crippen LogP contribution in [0.4, 0.5) is 0 Å². The minimum absolute atomic E-state index is 1.41. The molecule has 2 unspecified atom stereocenters. The number of aliphatic hydroxyl groups excluding tert-OH is 2. The number of ether oxygens (including phenoxy) is 1. The van der Waals surface area contributed by atoms with Crippen LogP contribution >= 0.6 is 0 Å². The van der Waals surface area contributed by atoms with E-state index in [0.717, 1.165) is 0 Å². The molecule has 0 bridgehead atoms. The first-order chi connectivity index (χ1) is 8.79. The van der Waals surface area contributed by atoms with Gasteiger partial charge in [0.25, 0.3) is 11.4 Å². The maximum absolute atomic E-state index is 11.2. The first kappa shape index (κ1) is 16.6. The highest BCUT2D eigenvalue weighted by Crippen LogP contribution is 2.14. The zero-order chi connectivity index (χ0) is 15.1. The van der Waals surface area contributed by atoms with Gasteiger partial charge >= 0.3 is 11.9 Å². The van der Waals surface area contributed by atoms with Crippen LogP contribution in [0.2, 0.25) is 0 Å². The molecule has 4 N–H and O–H groups in total. The van der Waals surface area contributed by atoms with Gasteiger partial charge in [-0.15, -0.1) is 0 Å². The van der Waals surface area contributed by atoms with E-state index in [1.807, 2.05) is 9.82 Å². The number of carbonyl (C=O) groups is 2. The Morgan fingerprint density at radius 2 is 1.32 bits per heavy atom. The molecule has 0 heterocycles. The Balaban J connectivity index is 5.15. The van der Waals surface area contributed by atoms with Crippen LogP contribution in [-0.2, 0) is 14.3 Å². The average Bonchev–Trinajstić information content (AvgIpc) is 2.38. The third-order valence-electron chi connectivity index (χ3n) is 1.70. The lowest BCUT2D eigenvalue weighted by Gasteiger charge is -2.21. The molecule has 0 aromatic carbocycles. The normalized spacial score (nSPS) is 16.0. The van der Waals surface area contributed by atoms with Gasteiger partial charge in [0.1, 0.15) is 0 Å². The summed E-state index contributed by atoms with van der Waals surface area (Å²) in [5.74, 6) is -3.87. The molecule has 13 nitrogen and oxygen atoms in total. The fourth-order valence-electron chi connectivity index (χ4n) is 0.670. The van der Waals surface area contributed by atoms with Crippen molar-refractivity contribution in [3.8, 4) is 0 Å². The Bertz CT molecular complexity index is 427. The Hall–Kier alpha value is -2.40. The second kappa shape index (κ2) is 6.51. The molecule has 0 aliphatic heterocycles. The number of hydrogen-bond donors (Lipinski definition) is 4. The number of nitrogens with zero attached hydrogens (tertiary/aromatic N) is 6. The minimum Gasteiger partial charge on any atom is -0.393 e. The van der Waals surface area contributed by atoms with E-state index in [4.69, 9.17) is 21.3 Å². The van der Waals surface area contributed by atoms with Gasteiger partial charge in [-0.05, 0) is 21.3 Å². The molecule has 0 aromatic heterocycles. The van der Waals surface area contributed by atoms with Gasteiger partial charge in [0.05, 0.1) is 13.2 Å². The molecule has 104 valence electrons. The zero-order valence-electron chi connectivity index (χ0n) is 9.11. The SMILES string of the molecule is [N-]=[N+]=NC(O)(CO)C(=O)OC(=O)C(O)(CO)N=[N+]=[N-]. The molecule has 2 atom stereocenters. The molecule has 0 saturated carbocycles. The van der Waals surface area contributed by atoms with Crippen molar-refractivity contribution in [3.05, 3.63) is 20.9 Å². The van der Waals surface area contributed by atoms with Gasteiger partial charge in [-0.2, -0.15) is 0 Å². The van der Waals surface area contributed by atoms with Gasteiger partial charge in [-0.25, -0.2) is 9.59 Å². The lowest BCUT2D eigenvalue weighted by molar-refractivity contribution is -0.188. The summed E-state index contributed by atoms with van der Waals surface area (Å²) in [5, 5.41) is 40.8. The molecule has 0 spiro atoms. The maximum Gasteiger partial charge on any atom is 0.354 e. The van der Waals surface area contributed by atoms with Crippen LogP contribution in [-0.4, -0.2) is 57.0 Å². The van der Waals surface area contributed by atoms with Crippen molar-refractivity contribution in [1.82, 2.24) is 0 Å². The van der Waals surface area contributed by atoms with Crippen LogP contribution in [0, 0.1) is 0 Å². The fourth-order valence-corrected chi connectivity index (χ4v) is 0.670. The summed E-state index contributed by atoms with van der Waals surface area (Å²) in [5.41, 5.74) is 9.89. The molecule has 13 heteroatoms. The highest BCUT2D eigenvalue weighted by atomic mass is 16.6. The van der Waals surface area contributed by atoms with E-state index >= 15 is 0 Å². The van der Waals surface area contributed by atoms with Crippen molar-refractivity contribution in [1.29, 1.82) is 0 Å². The predicted molar refractivity (Wildman–Crippen MR) is 53.5 cm³/mol. The summed E-state index contributed by atoms with van der Waals surface area (Å²) in [6.45, 7) is -2.83. The molecule has 0 radical (unpaired) electrons. The number of esters is 2. The molecule has 19 heavy (non-hydrogen) atoms. The topological polar surface area (TPSA) is 222 Å². The predicted octanol–water partition coefficient (Wildman–Crippen LogP) is -1.96. The van der Waals surface area contributed by atoms with Gasteiger partial charge < -0.3 is 25.2 Å². The summed E-state index contributed by atoms with van der Waals surface area (Å²) in [6.07, 6.45) is 0. The van der Waals surface area contributed by atoms with E-state index in [1.165, 1.54) is 0 Å². The van der Waals surface area contributed by atoms with Gasteiger partial charge in [0, 0.05) is 9.82 Å². The number of azide groups is 2. The van der Waals surface area contributed by atoms with Crippen molar-refractivity contribution in [3.63, 3.8) is 0 Å². The summed E-state index contributed by atoms with van der Waals surface area (Å²) >= 11 is 0. The minimum atomic E-state index is -3.10. The second-order valence-corrected chi connectivity index (χ2v) is 3.01. The van der Waals surface area contributed by atoms with Crippen LogP contribution in [0.5, 0.6) is 0 Å². The maximum atomic E-state index is 11.2. The Morgan fingerprint density at radius 3 is 1.53 bits per heavy atom. The van der Waals surface area contributed by atoms with Crippen molar-refractivity contribution in [2.75, 3.05) is 13.2 Å². The third kappa shape index (κ3) is 3.79. The molecule has 0 amide bonds. The molecule has 0 rings (SSSR count). The Labute approximate surface area is 103 Å². The van der Waals surface area contributed by atoms with Crippen LogP contribution in [0.25, 0.3) is 20.9 Å². The standard InChI is InChI=1S/C6H8N6O7/c7-11-9-5(17,1-13)3(15)19-4(16)6(18,2-14)10-12-8/h13-14,17-18H,1-2H2. The smallest absolute Gasteiger partial charge is 0.354 e. The first-order valence-corrected chi connectivity index (χ1v) is 4.35. The molecule has 0 saturated heterocycles. The lowest BCUT2D eigenvalue weighted by Crippen LogP contribution is -2.48. The van der Waals surface area contributed by atoms with Gasteiger partial charge in [0.15, 0.2) is 0 Å². The highest BCUT2D eigenvalue weighted by molar-refractivity contribution is 5.93. The highest BCUT2D eigenvalue weighted by Gasteiger charge is 2.43. The number of rotatable bonds is 6. The summed E-state index contributed by atoms with van der Waals surface area (Å²) < 4.78 is 3.84. The van der Waals surface area contributed by atoms with E-state index in [-0.39, 0.29) is 0 Å². The number of aliphatic hydroxyl groups is 4. The van der Waals surface area contributed by atoms with Crippen molar-refractivity contribution < 1.29 is 34.8 Å². The summed E-state index contributed by atoms with van der Waals surface area (Å²) in [4.78, 5) is 26.5. The van der Waals surface area contributed by atoms with E-state index < -0.39 is 36.6 Å². The second-order valence-electron chi connectivity index (χ2n) is 3.01. The van der Waals surface area contributed by atoms with Crippen LogP contribution in [0.15, 0.2) is 10.2 Å². The molecule has 0 aliphatic rings. The largest absolute Gasteiger partial charge is 0.393 e. The zero-order valence-corrected chi connectivity index (χ0v) is 9.11. The fraction of sp³-hybridized carbons (Fsp3) is 0.667. The van der Waals surface area contributed by atoms with E-state index in [2.05, 4.69) is 15.0 Å². The van der Waals surface area contributed by atoms with Crippen molar-refractivity contribution >= 4 is 11.9 Å². The summed E-state index contributed by atoms with van der Waals surface area (Å²) in [7, 11) is 0. The molecule has 0 aliphatic carbocycles. The Morgan fingerprint density at radius 1 is 1.00 bits per heavy atom. The molecular weight excluding hydrogens is 268 g/mol. The molecule has 0 fully saturated rings. The third-order valence-corrected chi connectivity index (χ3v) is 1.70.